The van der Waals surface area contributed by atoms with Gasteiger partial charge in [-0.15, -0.1) is 0 Å². The lowest BCUT2D eigenvalue weighted by Gasteiger charge is -2.07. The highest BCUT2D eigenvalue weighted by Crippen LogP contribution is 2.24. The second kappa shape index (κ2) is 16.4. The molecule has 0 aliphatic carbocycles. The van der Waals surface area contributed by atoms with Gasteiger partial charge in [-0.3, -0.25) is 0 Å². The van der Waals surface area contributed by atoms with E-state index in [0.717, 1.165) is 23.7 Å². The molecule has 0 spiro atoms. The van der Waals surface area contributed by atoms with Gasteiger partial charge in [0.15, 0.2) is 0 Å². The third-order valence-corrected chi connectivity index (χ3v) is 9.52. The van der Waals surface area contributed by atoms with Crippen molar-refractivity contribution >= 4 is 53.5 Å². The van der Waals surface area contributed by atoms with Crippen LogP contribution in [0.5, 0.6) is 0 Å². The summed E-state index contributed by atoms with van der Waals surface area (Å²) in [5.41, 5.74) is 7.96. The third-order valence-electron chi connectivity index (χ3n) is 5.29. The zero-order valence-corrected chi connectivity index (χ0v) is 25.2. The molecule has 2 aromatic rings. The number of halogens is 2. The average molecular weight is 623 g/mol. The average Bonchev–Trinajstić information content (AvgIpc) is 2.70. The predicted octanol–water partition coefficient (Wildman–Crippen LogP) is 8.82. The van der Waals surface area contributed by atoms with E-state index in [4.69, 9.17) is 0 Å². The lowest BCUT2D eigenvalue weighted by atomic mass is 10.0. The van der Waals surface area contributed by atoms with Crippen molar-refractivity contribution in [3.8, 4) is 0 Å². The monoisotopic (exact) mass is 620 g/mol. The zero-order valence-electron chi connectivity index (χ0n) is 20.4. The number of rotatable bonds is 10. The Morgan fingerprint density at radius 1 is 0.727 bits per heavy atom. The summed E-state index contributed by atoms with van der Waals surface area (Å²) in [6.45, 7) is 8.50. The smallest absolute Gasteiger partial charge is 0.147 e. The maximum atomic E-state index is 11.0. The molecule has 0 saturated carbocycles. The molecule has 0 bridgehead atoms. The molecule has 33 heavy (non-hydrogen) atoms. The van der Waals surface area contributed by atoms with Crippen LogP contribution in [0.25, 0.3) is 0 Å². The summed E-state index contributed by atoms with van der Waals surface area (Å²) in [6, 6.07) is 8.93. The number of benzene rings is 2. The van der Waals surface area contributed by atoms with E-state index in [2.05, 4.69) is 90.1 Å². The summed E-state index contributed by atoms with van der Waals surface area (Å²) < 4.78 is 24.4. The summed E-state index contributed by atoms with van der Waals surface area (Å²) in [6.07, 6.45) is 9.94. The highest BCUT2D eigenvalue weighted by atomic mass is 79.9. The first-order valence-corrected chi connectivity index (χ1v) is 16.2. The molecule has 0 aromatic heterocycles. The van der Waals surface area contributed by atoms with Gasteiger partial charge in [-0.05, 0) is 112 Å². The van der Waals surface area contributed by atoms with Gasteiger partial charge in [0.25, 0.3) is 0 Å². The molecular weight excluding hydrogens is 580 g/mol. The second-order valence-electron chi connectivity index (χ2n) is 8.62. The van der Waals surface area contributed by atoms with Gasteiger partial charge in [0.05, 0.1) is 0 Å². The second-order valence-corrected chi connectivity index (χ2v) is 13.5. The van der Waals surface area contributed by atoms with Crippen molar-refractivity contribution in [2.75, 3.05) is 24.0 Å². The van der Waals surface area contributed by atoms with Gasteiger partial charge in [0.1, 0.15) is 9.84 Å². The van der Waals surface area contributed by atoms with Gasteiger partial charge in [-0.25, -0.2) is 8.42 Å². The van der Waals surface area contributed by atoms with E-state index in [1.165, 1.54) is 69.1 Å². The molecular formula is C27H42Br2O2S2. The van der Waals surface area contributed by atoms with Crippen LogP contribution in [0.4, 0.5) is 0 Å². The van der Waals surface area contributed by atoms with Crippen molar-refractivity contribution in [2.45, 2.75) is 73.6 Å². The highest BCUT2D eigenvalue weighted by molar-refractivity contribution is 9.10. The van der Waals surface area contributed by atoms with Crippen LogP contribution in [0.1, 0.15) is 66.5 Å². The quantitative estimate of drug-likeness (QED) is 0.249. The number of unbranched alkanes of at least 4 members (excludes halogenated alkanes) is 2. The molecule has 0 aliphatic heterocycles. The molecule has 188 valence electrons. The van der Waals surface area contributed by atoms with E-state index < -0.39 is 9.84 Å². The zero-order chi connectivity index (χ0) is 24.3. The summed E-state index contributed by atoms with van der Waals surface area (Å²) in [7, 11) is -2.81. The number of hydrogen-bond donors (Lipinski definition) is 0. The molecule has 0 fully saturated rings. The van der Waals surface area contributed by atoms with Crippen molar-refractivity contribution in [1.29, 1.82) is 0 Å². The molecule has 0 heterocycles. The van der Waals surface area contributed by atoms with E-state index in [9.17, 15) is 8.42 Å². The van der Waals surface area contributed by atoms with Gasteiger partial charge in [-0.1, -0.05) is 63.6 Å². The number of hydrogen-bond acceptors (Lipinski definition) is 3. The highest BCUT2D eigenvalue weighted by Gasteiger charge is 2.05. The molecule has 6 heteroatoms. The molecule has 0 amide bonds. The maximum Gasteiger partial charge on any atom is 0.147 e. The van der Waals surface area contributed by atoms with Crippen LogP contribution in [0.2, 0.25) is 0 Å². The Kier molecular flexibility index (Phi) is 16.2. The van der Waals surface area contributed by atoms with Crippen LogP contribution in [0.15, 0.2) is 33.2 Å². The minimum absolute atomic E-state index is 0. The number of thioether (sulfide) groups is 1. The molecule has 0 saturated heterocycles. The molecule has 0 aliphatic rings. The summed E-state index contributed by atoms with van der Waals surface area (Å²) in [5, 5.41) is 0. The van der Waals surface area contributed by atoms with Crippen molar-refractivity contribution < 1.29 is 8.42 Å². The van der Waals surface area contributed by atoms with Crippen LogP contribution >= 0.6 is 43.6 Å². The summed E-state index contributed by atoms with van der Waals surface area (Å²) in [4.78, 5) is 0. The number of aryl methyl sites for hydroxylation is 6. The van der Waals surface area contributed by atoms with Crippen LogP contribution < -0.4 is 0 Å². The predicted molar refractivity (Wildman–Crippen MR) is 158 cm³/mol. The minimum atomic E-state index is -2.81. The van der Waals surface area contributed by atoms with Crippen LogP contribution in [0, 0.1) is 27.7 Å². The SMILES string of the molecule is C.CSCCCCc1cc(C)c(Br)c(C)c1.Cc1cc(CCCCS(C)(=O)=O)cc(C)c1Br. The first-order valence-electron chi connectivity index (χ1n) is 11.1. The molecule has 2 rings (SSSR count). The largest absolute Gasteiger partial charge is 0.229 e. The van der Waals surface area contributed by atoms with Crippen LogP contribution in [-0.2, 0) is 22.7 Å². The number of sulfone groups is 1. The van der Waals surface area contributed by atoms with Crippen molar-refractivity contribution in [1.82, 2.24) is 0 Å². The lowest BCUT2D eigenvalue weighted by Crippen LogP contribution is -2.03. The first kappa shape index (κ1) is 32.7. The lowest BCUT2D eigenvalue weighted by molar-refractivity contribution is 0.597. The van der Waals surface area contributed by atoms with Gasteiger partial charge >= 0.3 is 0 Å². The standard InChI is InChI=1S/C13H19BrO2S.C13H19BrS.CH4/c1-10-8-12(9-11(2)13(10)14)6-4-5-7-17(3,15)16;1-10-8-12(6-4-5-7-15-3)9-11(2)13(10)14;/h8-9H,4-7H2,1-3H3;8-9H,4-7H2,1-3H3;1H4. The molecule has 0 atom stereocenters. The Morgan fingerprint density at radius 3 is 1.42 bits per heavy atom. The maximum absolute atomic E-state index is 11.0. The fourth-order valence-electron chi connectivity index (χ4n) is 3.63. The van der Waals surface area contributed by atoms with Gasteiger partial charge in [0, 0.05) is 21.0 Å². The fourth-order valence-corrected chi connectivity index (χ4v) is 5.31. The summed E-state index contributed by atoms with van der Waals surface area (Å²) >= 11 is 9.08. The van der Waals surface area contributed by atoms with Gasteiger partial charge in [0.2, 0.25) is 0 Å². The van der Waals surface area contributed by atoms with Crippen molar-refractivity contribution in [3.63, 3.8) is 0 Å². The third kappa shape index (κ3) is 13.4. The fraction of sp³-hybridized carbons (Fsp3) is 0.556. The molecule has 2 aromatic carbocycles. The first-order chi connectivity index (χ1) is 14.9. The topological polar surface area (TPSA) is 34.1 Å². The van der Waals surface area contributed by atoms with Crippen molar-refractivity contribution in [2.24, 2.45) is 0 Å². The van der Waals surface area contributed by atoms with Crippen molar-refractivity contribution in [3.05, 3.63) is 66.6 Å². The van der Waals surface area contributed by atoms with E-state index in [-0.39, 0.29) is 7.43 Å². The molecule has 2 nitrogen and oxygen atoms in total. The Hall–Kier alpha value is -0.300. The van der Waals surface area contributed by atoms with E-state index in [1.54, 1.807) is 0 Å². The Balaban J connectivity index is 0.000000607. The van der Waals surface area contributed by atoms with Crippen LogP contribution in [0.3, 0.4) is 0 Å². The van der Waals surface area contributed by atoms with Gasteiger partial charge in [-0.2, -0.15) is 11.8 Å². The van der Waals surface area contributed by atoms with Crippen LogP contribution in [-0.4, -0.2) is 32.4 Å². The van der Waals surface area contributed by atoms with Gasteiger partial charge < -0.3 is 0 Å². The Morgan fingerprint density at radius 2 is 1.09 bits per heavy atom. The normalized spacial score (nSPS) is 10.9. The summed E-state index contributed by atoms with van der Waals surface area (Å²) in [5.74, 6) is 1.58. The molecule has 0 unspecified atom stereocenters. The molecule has 0 N–H and O–H groups in total. The minimum Gasteiger partial charge on any atom is -0.229 e. The van der Waals surface area contributed by atoms with E-state index >= 15 is 0 Å². The Labute approximate surface area is 224 Å². The van der Waals surface area contributed by atoms with E-state index in [1.807, 2.05) is 11.8 Å². The van der Waals surface area contributed by atoms with E-state index in [0.29, 0.717) is 5.75 Å². The molecule has 0 radical (unpaired) electrons. The Bertz CT molecular complexity index is 924.